The highest BCUT2D eigenvalue weighted by atomic mass is 16.7. The predicted molar refractivity (Wildman–Crippen MR) is 76.7 cm³/mol. The highest BCUT2D eigenvalue weighted by Gasteiger charge is 2.25. The Morgan fingerprint density at radius 3 is 2.67 bits per heavy atom. The first-order chi connectivity index (χ1) is 9.65. The minimum atomic E-state index is -0.971. The number of nitrogens with zero attached hydrogens (tertiary/aromatic N) is 1. The summed E-state index contributed by atoms with van der Waals surface area (Å²) < 4.78 is 5.16. The van der Waals surface area contributed by atoms with Gasteiger partial charge in [-0.2, -0.15) is 5.06 Å². The van der Waals surface area contributed by atoms with Crippen LogP contribution in [0, 0.1) is 5.92 Å². The maximum Gasteiger partial charge on any atom is 0.407 e. The van der Waals surface area contributed by atoms with Gasteiger partial charge in [0, 0.05) is 13.1 Å². The average molecular weight is 302 g/mol. The molecular formula is C14H26N2O5. The predicted octanol–water partition coefficient (Wildman–Crippen LogP) is 1.63. The third-order valence-corrected chi connectivity index (χ3v) is 2.97. The van der Waals surface area contributed by atoms with Gasteiger partial charge in [-0.15, -0.1) is 0 Å². The molecule has 1 aliphatic rings. The zero-order valence-electron chi connectivity index (χ0n) is 13.2. The van der Waals surface area contributed by atoms with E-state index >= 15 is 0 Å². The highest BCUT2D eigenvalue weighted by Crippen LogP contribution is 2.14. The molecular weight excluding hydrogens is 276 g/mol. The minimum Gasteiger partial charge on any atom is -0.481 e. The fourth-order valence-corrected chi connectivity index (χ4v) is 2.09. The van der Waals surface area contributed by atoms with Gasteiger partial charge in [-0.05, 0) is 33.1 Å². The van der Waals surface area contributed by atoms with E-state index in [1.165, 1.54) is 0 Å². The van der Waals surface area contributed by atoms with Gasteiger partial charge >= 0.3 is 12.1 Å². The summed E-state index contributed by atoms with van der Waals surface area (Å²) in [5.41, 5.74) is -0.617. The van der Waals surface area contributed by atoms with Crippen molar-refractivity contribution in [2.75, 3.05) is 19.7 Å². The molecule has 0 aromatic heterocycles. The minimum absolute atomic E-state index is 0.173. The normalized spacial score (nSPS) is 21.6. The first kappa shape index (κ1) is 17.7. The molecule has 1 amide bonds. The van der Waals surface area contributed by atoms with Crippen molar-refractivity contribution in [2.24, 2.45) is 5.92 Å². The zero-order valence-corrected chi connectivity index (χ0v) is 13.2. The van der Waals surface area contributed by atoms with Gasteiger partial charge in [-0.1, -0.05) is 6.92 Å². The second-order valence-electron chi connectivity index (χ2n) is 6.52. The molecule has 0 spiro atoms. The Hall–Kier alpha value is -1.34. The van der Waals surface area contributed by atoms with E-state index in [4.69, 9.17) is 14.7 Å². The van der Waals surface area contributed by atoms with Gasteiger partial charge in [0.1, 0.15) is 5.60 Å². The van der Waals surface area contributed by atoms with Crippen LogP contribution in [-0.2, 0) is 14.4 Å². The number of carboxylic acids is 1. The maximum absolute atomic E-state index is 11.8. The molecule has 0 aromatic rings. The molecule has 1 fully saturated rings. The Kier molecular flexibility index (Phi) is 6.42. The zero-order chi connectivity index (χ0) is 16.0. The standard InChI is InChI=1S/C14H26N2O5/c1-10-5-6-20-16(8-10)9-11(7-12(17)18)15-13(19)21-14(2,3)4/h10-11H,5-9H2,1-4H3,(H,15,19)(H,17,18)/t10-,11-/m0/s1. The number of hydrogen-bond acceptors (Lipinski definition) is 5. The number of hydrogen-bond donors (Lipinski definition) is 2. The van der Waals surface area contributed by atoms with E-state index in [1.807, 2.05) is 0 Å². The maximum atomic E-state index is 11.8. The monoisotopic (exact) mass is 302 g/mol. The van der Waals surface area contributed by atoms with Crippen LogP contribution in [0.25, 0.3) is 0 Å². The van der Waals surface area contributed by atoms with E-state index in [9.17, 15) is 9.59 Å². The molecule has 122 valence electrons. The van der Waals surface area contributed by atoms with Crippen molar-refractivity contribution >= 4 is 12.1 Å². The van der Waals surface area contributed by atoms with Crippen LogP contribution in [0.2, 0.25) is 0 Å². The number of carbonyl (C=O) groups excluding carboxylic acids is 1. The lowest BCUT2D eigenvalue weighted by atomic mass is 10.1. The summed E-state index contributed by atoms with van der Waals surface area (Å²) in [6, 6.07) is -0.553. The Morgan fingerprint density at radius 2 is 2.14 bits per heavy atom. The molecule has 1 saturated heterocycles. The topological polar surface area (TPSA) is 88.1 Å². The quantitative estimate of drug-likeness (QED) is 0.802. The van der Waals surface area contributed by atoms with Gasteiger partial charge in [-0.25, -0.2) is 4.79 Å². The fourth-order valence-electron chi connectivity index (χ4n) is 2.09. The summed E-state index contributed by atoms with van der Waals surface area (Å²) in [6.45, 7) is 9.06. The average Bonchev–Trinajstić information content (AvgIpc) is 2.24. The first-order valence-corrected chi connectivity index (χ1v) is 7.25. The molecule has 7 heteroatoms. The third-order valence-electron chi connectivity index (χ3n) is 2.97. The molecule has 21 heavy (non-hydrogen) atoms. The summed E-state index contributed by atoms with van der Waals surface area (Å²) in [5, 5.41) is 13.3. The van der Waals surface area contributed by atoms with Crippen molar-refractivity contribution in [3.8, 4) is 0 Å². The molecule has 1 aliphatic heterocycles. The lowest BCUT2D eigenvalue weighted by Crippen LogP contribution is -2.48. The summed E-state index contributed by atoms with van der Waals surface area (Å²) in [7, 11) is 0. The number of carboxylic acid groups (broad SMARTS) is 1. The molecule has 0 saturated carbocycles. The number of ether oxygens (including phenoxy) is 1. The van der Waals surface area contributed by atoms with E-state index in [-0.39, 0.29) is 6.42 Å². The van der Waals surface area contributed by atoms with Crippen LogP contribution < -0.4 is 5.32 Å². The Morgan fingerprint density at radius 1 is 1.48 bits per heavy atom. The van der Waals surface area contributed by atoms with Crippen LogP contribution in [0.4, 0.5) is 4.79 Å². The van der Waals surface area contributed by atoms with E-state index in [0.717, 1.165) is 13.0 Å². The van der Waals surface area contributed by atoms with E-state index in [0.29, 0.717) is 19.1 Å². The Balaban J connectivity index is 2.54. The largest absolute Gasteiger partial charge is 0.481 e. The van der Waals surface area contributed by atoms with E-state index in [1.54, 1.807) is 25.8 Å². The van der Waals surface area contributed by atoms with Crippen LogP contribution in [0.3, 0.4) is 0 Å². The van der Waals surface area contributed by atoms with Gasteiger partial charge in [0.05, 0.1) is 19.1 Å². The number of nitrogens with one attached hydrogen (secondary N) is 1. The molecule has 0 aliphatic carbocycles. The second-order valence-corrected chi connectivity index (χ2v) is 6.52. The van der Waals surface area contributed by atoms with Crippen molar-refractivity contribution in [1.82, 2.24) is 10.4 Å². The molecule has 0 unspecified atom stereocenters. The fraction of sp³-hybridized carbons (Fsp3) is 0.857. The number of aliphatic carboxylic acids is 1. The number of carbonyl (C=O) groups is 2. The molecule has 2 N–H and O–H groups in total. The lowest BCUT2D eigenvalue weighted by Gasteiger charge is -2.33. The summed E-state index contributed by atoms with van der Waals surface area (Å²) in [4.78, 5) is 28.2. The molecule has 0 bridgehead atoms. The number of rotatable bonds is 5. The molecule has 0 aromatic carbocycles. The molecule has 1 rings (SSSR count). The molecule has 2 atom stereocenters. The summed E-state index contributed by atoms with van der Waals surface area (Å²) in [5.74, 6) is -0.480. The van der Waals surface area contributed by atoms with Crippen molar-refractivity contribution in [3.05, 3.63) is 0 Å². The summed E-state index contributed by atoms with van der Waals surface area (Å²) in [6.07, 6.45) is 0.200. The molecule has 0 radical (unpaired) electrons. The molecule has 7 nitrogen and oxygen atoms in total. The second kappa shape index (κ2) is 7.61. The third kappa shape index (κ3) is 7.87. The van der Waals surface area contributed by atoms with Gasteiger partial charge in [-0.3, -0.25) is 9.63 Å². The van der Waals surface area contributed by atoms with Gasteiger partial charge in [0.15, 0.2) is 0 Å². The van der Waals surface area contributed by atoms with Crippen molar-refractivity contribution in [3.63, 3.8) is 0 Å². The van der Waals surface area contributed by atoms with Crippen LogP contribution in [-0.4, -0.2) is 53.6 Å². The van der Waals surface area contributed by atoms with Crippen molar-refractivity contribution in [1.29, 1.82) is 0 Å². The van der Waals surface area contributed by atoms with Crippen molar-refractivity contribution < 1.29 is 24.3 Å². The summed E-state index contributed by atoms with van der Waals surface area (Å²) >= 11 is 0. The smallest absolute Gasteiger partial charge is 0.407 e. The number of amides is 1. The van der Waals surface area contributed by atoms with Gasteiger partial charge in [0.2, 0.25) is 0 Å². The van der Waals surface area contributed by atoms with Crippen LogP contribution in [0.15, 0.2) is 0 Å². The number of hydroxylamine groups is 2. The van der Waals surface area contributed by atoms with Crippen LogP contribution >= 0.6 is 0 Å². The van der Waals surface area contributed by atoms with Gasteiger partial charge < -0.3 is 15.2 Å². The number of alkyl carbamates (subject to hydrolysis) is 1. The highest BCUT2D eigenvalue weighted by molar-refractivity contribution is 5.71. The lowest BCUT2D eigenvalue weighted by molar-refractivity contribution is -0.196. The van der Waals surface area contributed by atoms with E-state index < -0.39 is 23.7 Å². The van der Waals surface area contributed by atoms with Crippen molar-refractivity contribution in [2.45, 2.75) is 52.2 Å². The van der Waals surface area contributed by atoms with Gasteiger partial charge in [0.25, 0.3) is 0 Å². The first-order valence-electron chi connectivity index (χ1n) is 7.25. The van der Waals surface area contributed by atoms with E-state index in [2.05, 4.69) is 12.2 Å². The van der Waals surface area contributed by atoms with Crippen LogP contribution in [0.5, 0.6) is 0 Å². The molecule has 1 heterocycles. The SMILES string of the molecule is C[C@H]1CCON(C[C@H](CC(=O)O)NC(=O)OC(C)(C)C)C1. The Bertz CT molecular complexity index is 367. The Labute approximate surface area is 125 Å². The van der Waals surface area contributed by atoms with Crippen LogP contribution in [0.1, 0.15) is 40.5 Å².